The summed E-state index contributed by atoms with van der Waals surface area (Å²) in [5.41, 5.74) is -0.221. The number of guanidine groups is 1. The number of halogens is 1. The van der Waals surface area contributed by atoms with E-state index in [0.29, 0.717) is 12.6 Å². The Bertz CT molecular complexity index is 523. The van der Waals surface area contributed by atoms with E-state index in [-0.39, 0.29) is 42.0 Å². The Labute approximate surface area is 180 Å². The van der Waals surface area contributed by atoms with Crippen LogP contribution >= 0.6 is 24.0 Å². The molecule has 1 aliphatic heterocycles. The highest BCUT2D eigenvalue weighted by molar-refractivity contribution is 14.0. The third kappa shape index (κ3) is 5.93. The van der Waals surface area contributed by atoms with Crippen LogP contribution in [0.15, 0.2) is 4.99 Å². The third-order valence-corrected chi connectivity index (χ3v) is 6.35. The fraction of sp³-hybridized carbons (Fsp3) is 0.895. The SMILES string of the molecule is COC1(CNC(=NCC(=O)N(C)C)NC2CC3CCC2C3)CCOCC1.I. The zero-order valence-corrected chi connectivity index (χ0v) is 19.2. The van der Waals surface area contributed by atoms with Crippen LogP contribution in [0.1, 0.15) is 38.5 Å². The minimum absolute atomic E-state index is 0. The molecule has 2 aliphatic carbocycles. The molecule has 2 bridgehead atoms. The Kier molecular flexibility index (Phi) is 8.61. The summed E-state index contributed by atoms with van der Waals surface area (Å²) in [6, 6.07) is 0.475. The van der Waals surface area contributed by atoms with Crippen molar-refractivity contribution in [1.82, 2.24) is 15.5 Å². The minimum Gasteiger partial charge on any atom is -0.381 e. The number of likely N-dealkylation sites (N-methyl/N-ethyl adjacent to an activating group) is 1. The number of carbonyl (C=O) groups excluding carboxylic acids is 1. The van der Waals surface area contributed by atoms with Crippen LogP contribution in [0.2, 0.25) is 0 Å². The van der Waals surface area contributed by atoms with Crippen LogP contribution in [0.4, 0.5) is 0 Å². The van der Waals surface area contributed by atoms with Crippen LogP contribution in [0, 0.1) is 11.8 Å². The summed E-state index contributed by atoms with van der Waals surface area (Å²) in [5, 5.41) is 7.05. The molecule has 0 aromatic rings. The van der Waals surface area contributed by atoms with Crippen molar-refractivity contribution in [3.8, 4) is 0 Å². The molecule has 1 saturated heterocycles. The zero-order chi connectivity index (χ0) is 18.6. The van der Waals surface area contributed by atoms with E-state index in [2.05, 4.69) is 15.6 Å². The summed E-state index contributed by atoms with van der Waals surface area (Å²) in [7, 11) is 5.29. The maximum atomic E-state index is 12.0. The maximum absolute atomic E-state index is 12.0. The van der Waals surface area contributed by atoms with Gasteiger partial charge in [0.2, 0.25) is 5.91 Å². The first kappa shape index (κ1) is 22.7. The van der Waals surface area contributed by atoms with Crippen molar-refractivity contribution in [3.63, 3.8) is 0 Å². The normalized spacial score (nSPS) is 29.1. The minimum atomic E-state index is -0.221. The predicted octanol–water partition coefficient (Wildman–Crippen LogP) is 1.61. The van der Waals surface area contributed by atoms with Crippen LogP contribution in [-0.2, 0) is 14.3 Å². The van der Waals surface area contributed by atoms with Crippen molar-refractivity contribution >= 4 is 35.8 Å². The standard InChI is InChI=1S/C19H34N4O3.HI/c1-23(2)17(24)12-20-18(22-16-11-14-4-5-15(16)10-14)21-13-19(25-3)6-8-26-9-7-19;/h14-16H,4-13H2,1-3H3,(H2,20,21,22);1H. The molecule has 3 aliphatic rings. The van der Waals surface area contributed by atoms with Gasteiger partial charge in [0.15, 0.2) is 5.96 Å². The summed E-state index contributed by atoms with van der Waals surface area (Å²) >= 11 is 0. The number of methoxy groups -OCH3 is 1. The summed E-state index contributed by atoms with van der Waals surface area (Å²) in [6.07, 6.45) is 6.97. The highest BCUT2D eigenvalue weighted by Crippen LogP contribution is 2.44. The first-order valence-corrected chi connectivity index (χ1v) is 9.89. The number of ether oxygens (including phenoxy) is 2. The Balaban J connectivity index is 0.00000261. The fourth-order valence-corrected chi connectivity index (χ4v) is 4.48. The van der Waals surface area contributed by atoms with E-state index in [1.165, 1.54) is 25.7 Å². The summed E-state index contributed by atoms with van der Waals surface area (Å²) in [5.74, 6) is 2.35. The maximum Gasteiger partial charge on any atom is 0.243 e. The first-order valence-electron chi connectivity index (χ1n) is 9.89. The van der Waals surface area contributed by atoms with Gasteiger partial charge in [-0.25, -0.2) is 4.99 Å². The molecule has 2 saturated carbocycles. The number of hydrogen-bond acceptors (Lipinski definition) is 4. The number of nitrogens with zero attached hydrogens (tertiary/aromatic N) is 2. The lowest BCUT2D eigenvalue weighted by molar-refractivity contribution is -0.127. The summed E-state index contributed by atoms with van der Waals surface area (Å²) < 4.78 is 11.3. The number of fused-ring (bicyclic) bond motifs is 2. The van der Waals surface area contributed by atoms with Gasteiger partial charge in [0.25, 0.3) is 0 Å². The van der Waals surface area contributed by atoms with Crippen LogP contribution in [0.3, 0.4) is 0 Å². The molecule has 3 unspecified atom stereocenters. The number of amides is 1. The lowest BCUT2D eigenvalue weighted by Gasteiger charge is -2.36. The molecule has 0 radical (unpaired) electrons. The van der Waals surface area contributed by atoms with E-state index < -0.39 is 0 Å². The van der Waals surface area contributed by atoms with Crippen molar-refractivity contribution in [2.24, 2.45) is 16.8 Å². The van der Waals surface area contributed by atoms with Gasteiger partial charge in [-0.2, -0.15) is 0 Å². The molecule has 0 aromatic carbocycles. The van der Waals surface area contributed by atoms with Crippen molar-refractivity contribution in [2.75, 3.05) is 47.5 Å². The molecule has 27 heavy (non-hydrogen) atoms. The zero-order valence-electron chi connectivity index (χ0n) is 16.8. The number of rotatable bonds is 6. The van der Waals surface area contributed by atoms with Gasteiger partial charge in [-0.05, 0) is 31.1 Å². The molecular weight excluding hydrogens is 459 g/mol. The van der Waals surface area contributed by atoms with Crippen molar-refractivity contribution in [2.45, 2.75) is 50.2 Å². The average Bonchev–Trinajstić information content (AvgIpc) is 3.27. The molecule has 0 spiro atoms. The van der Waals surface area contributed by atoms with Gasteiger partial charge in [0, 0.05) is 59.8 Å². The van der Waals surface area contributed by atoms with Gasteiger partial charge < -0.3 is 25.0 Å². The molecule has 3 atom stereocenters. The van der Waals surface area contributed by atoms with Crippen LogP contribution in [0.25, 0.3) is 0 Å². The first-order chi connectivity index (χ1) is 12.5. The number of aliphatic imine (C=N–C) groups is 1. The van der Waals surface area contributed by atoms with E-state index in [4.69, 9.17) is 9.47 Å². The van der Waals surface area contributed by atoms with E-state index in [9.17, 15) is 4.79 Å². The van der Waals surface area contributed by atoms with E-state index in [0.717, 1.165) is 43.9 Å². The fourth-order valence-electron chi connectivity index (χ4n) is 4.48. The molecule has 0 aromatic heterocycles. The summed E-state index contributed by atoms with van der Waals surface area (Å²) in [4.78, 5) is 18.1. The molecule has 3 rings (SSSR count). The second-order valence-electron chi connectivity index (χ2n) is 8.23. The molecule has 1 amide bonds. The largest absolute Gasteiger partial charge is 0.381 e. The second-order valence-corrected chi connectivity index (χ2v) is 8.23. The van der Waals surface area contributed by atoms with Crippen molar-refractivity contribution < 1.29 is 14.3 Å². The van der Waals surface area contributed by atoms with Gasteiger partial charge in [-0.1, -0.05) is 6.42 Å². The van der Waals surface area contributed by atoms with Crippen molar-refractivity contribution in [1.29, 1.82) is 0 Å². The molecule has 7 nitrogen and oxygen atoms in total. The van der Waals surface area contributed by atoms with E-state index in [1.807, 2.05) is 0 Å². The number of carbonyl (C=O) groups is 1. The second kappa shape index (κ2) is 10.2. The molecule has 3 fully saturated rings. The number of nitrogens with one attached hydrogen (secondary N) is 2. The van der Waals surface area contributed by atoms with E-state index in [1.54, 1.807) is 26.1 Å². The molecule has 8 heteroatoms. The average molecular weight is 494 g/mol. The van der Waals surface area contributed by atoms with Crippen molar-refractivity contribution in [3.05, 3.63) is 0 Å². The molecule has 1 heterocycles. The summed E-state index contributed by atoms with van der Waals surface area (Å²) in [6.45, 7) is 2.28. The Morgan fingerprint density at radius 3 is 2.56 bits per heavy atom. The predicted molar refractivity (Wildman–Crippen MR) is 117 cm³/mol. The molecule has 2 N–H and O–H groups in total. The van der Waals surface area contributed by atoms with Gasteiger partial charge in [-0.15, -0.1) is 24.0 Å². The monoisotopic (exact) mass is 494 g/mol. The number of hydrogen-bond donors (Lipinski definition) is 2. The van der Waals surface area contributed by atoms with Gasteiger partial charge in [-0.3, -0.25) is 4.79 Å². The molecule has 156 valence electrons. The Morgan fingerprint density at radius 2 is 2.00 bits per heavy atom. The Hall–Kier alpha value is -0.610. The van der Waals surface area contributed by atoms with Crippen LogP contribution < -0.4 is 10.6 Å². The topological polar surface area (TPSA) is 75.2 Å². The highest BCUT2D eigenvalue weighted by atomic mass is 127. The smallest absolute Gasteiger partial charge is 0.243 e. The van der Waals surface area contributed by atoms with Crippen LogP contribution in [-0.4, -0.2) is 75.9 Å². The van der Waals surface area contributed by atoms with Crippen LogP contribution in [0.5, 0.6) is 0 Å². The molecular formula is C19H35IN4O3. The van der Waals surface area contributed by atoms with E-state index >= 15 is 0 Å². The van der Waals surface area contributed by atoms with Gasteiger partial charge in [0.1, 0.15) is 6.54 Å². The van der Waals surface area contributed by atoms with Gasteiger partial charge in [0.05, 0.1) is 5.60 Å². The highest BCUT2D eigenvalue weighted by Gasteiger charge is 2.40. The Morgan fingerprint density at radius 1 is 1.26 bits per heavy atom. The lowest BCUT2D eigenvalue weighted by atomic mass is 9.94. The van der Waals surface area contributed by atoms with Gasteiger partial charge >= 0.3 is 0 Å². The lowest BCUT2D eigenvalue weighted by Crippen LogP contribution is -2.53. The third-order valence-electron chi connectivity index (χ3n) is 6.35. The quantitative estimate of drug-likeness (QED) is 0.334.